The number of sulfonamides is 1. The standard InChI is InChI=1S/C30H30N2O3S/c1-23-17-20-27(21-18-23)36(34,35)32-30(26-15-9-4-10-16-26)29(25-13-7-3-8-14-25)31-28(33)22-19-24-11-5-2-6-12-24/h2-18,20-21,29-30,32H,19,22H2,1H3,(H,31,33)/t29?,30-/m1/s1. The van der Waals surface area contributed by atoms with E-state index in [1.807, 2.05) is 97.9 Å². The van der Waals surface area contributed by atoms with E-state index in [0.29, 0.717) is 12.8 Å². The lowest BCUT2D eigenvalue weighted by atomic mass is 9.93. The van der Waals surface area contributed by atoms with E-state index in [-0.39, 0.29) is 10.8 Å². The van der Waals surface area contributed by atoms with Crippen molar-refractivity contribution in [1.82, 2.24) is 10.0 Å². The van der Waals surface area contributed by atoms with Crippen LogP contribution in [-0.4, -0.2) is 14.3 Å². The maximum absolute atomic E-state index is 13.4. The molecule has 0 aliphatic carbocycles. The largest absolute Gasteiger partial charge is 0.347 e. The van der Waals surface area contributed by atoms with Crippen molar-refractivity contribution >= 4 is 15.9 Å². The third kappa shape index (κ3) is 6.68. The van der Waals surface area contributed by atoms with Crippen LogP contribution in [0.15, 0.2) is 120 Å². The summed E-state index contributed by atoms with van der Waals surface area (Å²) >= 11 is 0. The molecule has 36 heavy (non-hydrogen) atoms. The lowest BCUT2D eigenvalue weighted by molar-refractivity contribution is -0.122. The van der Waals surface area contributed by atoms with E-state index >= 15 is 0 Å². The van der Waals surface area contributed by atoms with Gasteiger partial charge < -0.3 is 5.32 Å². The molecule has 184 valence electrons. The van der Waals surface area contributed by atoms with Gasteiger partial charge in [0.1, 0.15) is 0 Å². The third-order valence-electron chi connectivity index (χ3n) is 6.06. The van der Waals surface area contributed by atoms with Gasteiger partial charge in [0.05, 0.1) is 17.0 Å². The number of aryl methyl sites for hydroxylation is 2. The van der Waals surface area contributed by atoms with E-state index in [1.54, 1.807) is 24.3 Å². The first kappa shape index (κ1) is 25.4. The molecule has 2 N–H and O–H groups in total. The zero-order valence-electron chi connectivity index (χ0n) is 20.2. The van der Waals surface area contributed by atoms with E-state index in [9.17, 15) is 13.2 Å². The number of rotatable bonds is 10. The molecule has 0 aliphatic heterocycles. The summed E-state index contributed by atoms with van der Waals surface area (Å²) in [5.41, 5.74) is 3.61. The van der Waals surface area contributed by atoms with Crippen molar-refractivity contribution < 1.29 is 13.2 Å². The number of amides is 1. The summed E-state index contributed by atoms with van der Waals surface area (Å²) in [6.45, 7) is 1.91. The zero-order chi connectivity index (χ0) is 25.4. The summed E-state index contributed by atoms with van der Waals surface area (Å²) in [4.78, 5) is 13.3. The molecule has 0 aliphatic rings. The molecular weight excluding hydrogens is 468 g/mol. The Morgan fingerprint density at radius 1 is 0.694 bits per heavy atom. The molecule has 0 radical (unpaired) electrons. The molecule has 0 aromatic heterocycles. The second-order valence-corrected chi connectivity index (χ2v) is 10.5. The van der Waals surface area contributed by atoms with Crippen molar-refractivity contribution in [2.45, 2.75) is 36.7 Å². The first-order chi connectivity index (χ1) is 17.4. The molecule has 0 heterocycles. The molecule has 1 unspecified atom stereocenters. The van der Waals surface area contributed by atoms with Crippen LogP contribution in [-0.2, 0) is 21.2 Å². The van der Waals surface area contributed by atoms with Gasteiger partial charge >= 0.3 is 0 Å². The average molecular weight is 499 g/mol. The molecule has 4 rings (SSSR count). The number of benzene rings is 4. The van der Waals surface area contributed by atoms with E-state index in [0.717, 1.165) is 22.3 Å². The van der Waals surface area contributed by atoms with Crippen LogP contribution in [0.2, 0.25) is 0 Å². The van der Waals surface area contributed by atoms with Crippen LogP contribution in [0.25, 0.3) is 0 Å². The van der Waals surface area contributed by atoms with Crippen LogP contribution in [0.4, 0.5) is 0 Å². The lowest BCUT2D eigenvalue weighted by Gasteiger charge is -2.30. The average Bonchev–Trinajstić information content (AvgIpc) is 2.91. The Kier molecular flexibility index (Phi) is 8.31. The minimum Gasteiger partial charge on any atom is -0.347 e. The topological polar surface area (TPSA) is 75.3 Å². The summed E-state index contributed by atoms with van der Waals surface area (Å²) in [6, 6.07) is 34.0. The van der Waals surface area contributed by atoms with E-state index in [4.69, 9.17) is 0 Å². The molecule has 0 saturated heterocycles. The highest BCUT2D eigenvalue weighted by atomic mass is 32.2. The molecule has 2 atom stereocenters. The maximum Gasteiger partial charge on any atom is 0.241 e. The highest BCUT2D eigenvalue weighted by Crippen LogP contribution is 2.31. The van der Waals surface area contributed by atoms with Gasteiger partial charge in [-0.3, -0.25) is 4.79 Å². The van der Waals surface area contributed by atoms with Crippen LogP contribution >= 0.6 is 0 Å². The van der Waals surface area contributed by atoms with Gasteiger partial charge in [-0.2, -0.15) is 0 Å². The monoisotopic (exact) mass is 498 g/mol. The van der Waals surface area contributed by atoms with Gasteiger partial charge in [0.25, 0.3) is 0 Å². The molecule has 1 amide bonds. The minimum absolute atomic E-state index is 0.150. The van der Waals surface area contributed by atoms with Crippen LogP contribution < -0.4 is 10.0 Å². The first-order valence-electron chi connectivity index (χ1n) is 11.9. The predicted molar refractivity (Wildman–Crippen MR) is 143 cm³/mol. The van der Waals surface area contributed by atoms with Gasteiger partial charge in [-0.15, -0.1) is 0 Å². The summed E-state index contributed by atoms with van der Waals surface area (Å²) < 4.78 is 29.8. The lowest BCUT2D eigenvalue weighted by Crippen LogP contribution is -2.40. The number of nitrogens with one attached hydrogen (secondary N) is 2. The zero-order valence-corrected chi connectivity index (χ0v) is 21.0. The number of hydrogen-bond acceptors (Lipinski definition) is 3. The van der Waals surface area contributed by atoms with Gasteiger partial charge in [0.2, 0.25) is 15.9 Å². The first-order valence-corrected chi connectivity index (χ1v) is 13.4. The molecular formula is C30H30N2O3S. The Morgan fingerprint density at radius 3 is 1.75 bits per heavy atom. The Labute approximate surface area is 213 Å². The maximum atomic E-state index is 13.4. The van der Waals surface area contributed by atoms with Gasteiger partial charge in [-0.05, 0) is 42.2 Å². The van der Waals surface area contributed by atoms with Crippen molar-refractivity contribution in [3.05, 3.63) is 138 Å². The molecule has 4 aromatic carbocycles. The van der Waals surface area contributed by atoms with Crippen LogP contribution in [0.1, 0.15) is 40.8 Å². The Morgan fingerprint density at radius 2 is 1.19 bits per heavy atom. The van der Waals surface area contributed by atoms with Crippen molar-refractivity contribution in [2.75, 3.05) is 0 Å². The predicted octanol–water partition coefficient (Wildman–Crippen LogP) is 5.50. The summed E-state index contributed by atoms with van der Waals surface area (Å²) in [5, 5.41) is 3.12. The van der Waals surface area contributed by atoms with Crippen LogP contribution in [0.5, 0.6) is 0 Å². The fraction of sp³-hybridized carbons (Fsp3) is 0.167. The van der Waals surface area contributed by atoms with Gasteiger partial charge in [-0.25, -0.2) is 13.1 Å². The van der Waals surface area contributed by atoms with Gasteiger partial charge in [0.15, 0.2) is 0 Å². The fourth-order valence-corrected chi connectivity index (χ4v) is 5.35. The number of carbonyl (C=O) groups excluding carboxylic acids is 1. The quantitative estimate of drug-likeness (QED) is 0.303. The number of hydrogen-bond donors (Lipinski definition) is 2. The second-order valence-electron chi connectivity index (χ2n) is 8.76. The smallest absolute Gasteiger partial charge is 0.241 e. The van der Waals surface area contributed by atoms with Crippen molar-refractivity contribution in [3.8, 4) is 0 Å². The Hall–Kier alpha value is -3.74. The molecule has 6 heteroatoms. The SMILES string of the molecule is Cc1ccc(S(=O)(=O)N[C@H](c2ccccc2)C(NC(=O)CCc2ccccc2)c2ccccc2)cc1. The van der Waals surface area contributed by atoms with Crippen molar-refractivity contribution in [2.24, 2.45) is 0 Å². The molecule has 4 aromatic rings. The highest BCUT2D eigenvalue weighted by Gasteiger charge is 2.31. The summed E-state index contributed by atoms with van der Waals surface area (Å²) in [7, 11) is -3.87. The Bertz CT molecular complexity index is 1360. The van der Waals surface area contributed by atoms with Crippen LogP contribution in [0, 0.1) is 6.92 Å². The van der Waals surface area contributed by atoms with E-state index < -0.39 is 22.1 Å². The van der Waals surface area contributed by atoms with Gasteiger partial charge in [-0.1, -0.05) is 109 Å². The minimum atomic E-state index is -3.87. The van der Waals surface area contributed by atoms with Crippen molar-refractivity contribution in [3.63, 3.8) is 0 Å². The van der Waals surface area contributed by atoms with Gasteiger partial charge in [0, 0.05) is 6.42 Å². The second kappa shape index (κ2) is 11.8. The molecule has 0 spiro atoms. The van der Waals surface area contributed by atoms with E-state index in [2.05, 4.69) is 10.0 Å². The normalized spacial score (nSPS) is 13.0. The summed E-state index contributed by atoms with van der Waals surface area (Å²) in [5.74, 6) is -0.150. The molecule has 5 nitrogen and oxygen atoms in total. The van der Waals surface area contributed by atoms with Crippen molar-refractivity contribution in [1.29, 1.82) is 0 Å². The molecule has 0 saturated carbocycles. The highest BCUT2D eigenvalue weighted by molar-refractivity contribution is 7.89. The number of carbonyl (C=O) groups is 1. The fourth-order valence-electron chi connectivity index (χ4n) is 4.11. The third-order valence-corrected chi connectivity index (χ3v) is 7.52. The molecule has 0 bridgehead atoms. The molecule has 0 fully saturated rings. The van der Waals surface area contributed by atoms with E-state index in [1.165, 1.54) is 0 Å². The Balaban J connectivity index is 1.66. The van der Waals surface area contributed by atoms with Crippen LogP contribution in [0.3, 0.4) is 0 Å². The summed E-state index contributed by atoms with van der Waals surface area (Å²) in [6.07, 6.45) is 0.888.